The van der Waals surface area contributed by atoms with Gasteiger partial charge in [0.2, 0.25) is 0 Å². The van der Waals surface area contributed by atoms with Gasteiger partial charge in [-0.2, -0.15) is 0 Å². The van der Waals surface area contributed by atoms with E-state index in [0.29, 0.717) is 34.4 Å². The Kier molecular flexibility index (Phi) is 5.90. The highest BCUT2D eigenvalue weighted by Gasteiger charge is 2.16. The van der Waals surface area contributed by atoms with Crippen LogP contribution in [0.3, 0.4) is 0 Å². The molecule has 144 valence electrons. The maximum absolute atomic E-state index is 14.0. The smallest absolute Gasteiger partial charge is 0.142 e. The van der Waals surface area contributed by atoms with Gasteiger partial charge in [0, 0.05) is 30.6 Å². The number of alkyl halides is 1. The first kappa shape index (κ1) is 19.7. The molecule has 0 aliphatic rings. The van der Waals surface area contributed by atoms with Gasteiger partial charge >= 0.3 is 0 Å². The summed E-state index contributed by atoms with van der Waals surface area (Å²) in [5.74, 6) is 0.357. The summed E-state index contributed by atoms with van der Waals surface area (Å²) in [5.41, 5.74) is 3.17. The SMILES string of the molecule is FCCCn1c(-c2cncc(Cn3cncc3I)c2)nc2cc(F)c(I)cc21. The number of rotatable bonds is 6. The van der Waals surface area contributed by atoms with E-state index in [4.69, 9.17) is 0 Å². The lowest BCUT2D eigenvalue weighted by atomic mass is 10.2. The van der Waals surface area contributed by atoms with Gasteiger partial charge in [0.05, 0.1) is 44.0 Å². The zero-order valence-corrected chi connectivity index (χ0v) is 18.9. The molecule has 0 aliphatic heterocycles. The van der Waals surface area contributed by atoms with Gasteiger partial charge in [-0.25, -0.2) is 14.4 Å². The van der Waals surface area contributed by atoms with Gasteiger partial charge in [-0.05, 0) is 69.3 Å². The van der Waals surface area contributed by atoms with E-state index >= 15 is 0 Å². The van der Waals surface area contributed by atoms with Crippen molar-refractivity contribution < 1.29 is 8.78 Å². The Bertz CT molecular complexity index is 1140. The van der Waals surface area contributed by atoms with E-state index in [1.807, 2.05) is 37.8 Å². The van der Waals surface area contributed by atoms with Crippen LogP contribution < -0.4 is 0 Å². The summed E-state index contributed by atoms with van der Waals surface area (Å²) in [6.45, 7) is 0.679. The Labute approximate surface area is 187 Å². The van der Waals surface area contributed by atoms with Crippen LogP contribution in [-0.2, 0) is 13.1 Å². The fourth-order valence-corrected chi connectivity index (χ4v) is 4.01. The van der Waals surface area contributed by atoms with E-state index in [-0.39, 0.29) is 5.82 Å². The fraction of sp³-hybridized carbons (Fsp3) is 0.211. The highest BCUT2D eigenvalue weighted by atomic mass is 127. The van der Waals surface area contributed by atoms with E-state index in [0.717, 1.165) is 20.3 Å². The Balaban J connectivity index is 1.79. The number of pyridine rings is 1. The van der Waals surface area contributed by atoms with Crippen molar-refractivity contribution in [2.45, 2.75) is 19.5 Å². The lowest BCUT2D eigenvalue weighted by molar-refractivity contribution is 0.450. The zero-order valence-electron chi connectivity index (χ0n) is 14.6. The summed E-state index contributed by atoms with van der Waals surface area (Å²) in [6, 6.07) is 5.19. The molecular weight excluding hydrogens is 590 g/mol. The summed E-state index contributed by atoms with van der Waals surface area (Å²) in [6.07, 6.45) is 7.47. The molecule has 0 amide bonds. The van der Waals surface area contributed by atoms with Crippen molar-refractivity contribution in [1.29, 1.82) is 0 Å². The Morgan fingerprint density at radius 1 is 1.04 bits per heavy atom. The number of imidazole rings is 2. The second kappa shape index (κ2) is 8.39. The highest BCUT2D eigenvalue weighted by molar-refractivity contribution is 14.1. The molecule has 28 heavy (non-hydrogen) atoms. The minimum absolute atomic E-state index is 0.309. The second-order valence-corrected chi connectivity index (χ2v) is 8.58. The van der Waals surface area contributed by atoms with E-state index in [1.165, 1.54) is 6.07 Å². The zero-order chi connectivity index (χ0) is 19.7. The predicted octanol–water partition coefficient (Wildman–Crippen LogP) is 5.05. The van der Waals surface area contributed by atoms with Crippen LogP contribution >= 0.6 is 45.2 Å². The van der Waals surface area contributed by atoms with Crippen LogP contribution in [0.15, 0.2) is 43.1 Å². The highest BCUT2D eigenvalue weighted by Crippen LogP contribution is 2.28. The van der Waals surface area contributed by atoms with Crippen molar-refractivity contribution in [3.63, 3.8) is 0 Å². The first-order valence-corrected chi connectivity index (χ1v) is 10.7. The van der Waals surface area contributed by atoms with E-state index in [9.17, 15) is 8.78 Å². The lowest BCUT2D eigenvalue weighted by Gasteiger charge is -2.10. The van der Waals surface area contributed by atoms with Crippen LogP contribution in [0.2, 0.25) is 0 Å². The molecule has 0 fully saturated rings. The molecule has 0 spiro atoms. The molecule has 3 aromatic heterocycles. The quantitative estimate of drug-likeness (QED) is 0.290. The monoisotopic (exact) mass is 605 g/mol. The van der Waals surface area contributed by atoms with Crippen LogP contribution in [0, 0.1) is 13.1 Å². The molecule has 0 N–H and O–H groups in total. The topological polar surface area (TPSA) is 48.5 Å². The molecule has 3 heterocycles. The molecule has 0 bridgehead atoms. The summed E-state index contributed by atoms with van der Waals surface area (Å²) in [7, 11) is 0. The molecule has 1 aromatic carbocycles. The third-order valence-electron chi connectivity index (χ3n) is 4.37. The van der Waals surface area contributed by atoms with E-state index < -0.39 is 6.67 Å². The normalized spacial score (nSPS) is 11.4. The molecule has 0 aliphatic carbocycles. The van der Waals surface area contributed by atoms with Crippen molar-refractivity contribution in [2.75, 3.05) is 6.67 Å². The van der Waals surface area contributed by atoms with Crippen molar-refractivity contribution >= 4 is 56.2 Å². The maximum Gasteiger partial charge on any atom is 0.142 e. The van der Waals surface area contributed by atoms with Gasteiger partial charge in [-0.1, -0.05) is 0 Å². The van der Waals surface area contributed by atoms with Gasteiger partial charge in [-0.3, -0.25) is 9.37 Å². The molecule has 0 radical (unpaired) electrons. The van der Waals surface area contributed by atoms with Crippen LogP contribution in [0.4, 0.5) is 8.78 Å². The average molecular weight is 605 g/mol. The fourth-order valence-electron chi connectivity index (χ4n) is 3.10. The third kappa shape index (κ3) is 3.91. The Morgan fingerprint density at radius 2 is 1.89 bits per heavy atom. The lowest BCUT2D eigenvalue weighted by Crippen LogP contribution is -2.04. The van der Waals surface area contributed by atoms with Gasteiger partial charge < -0.3 is 9.13 Å². The summed E-state index contributed by atoms with van der Waals surface area (Å²) >= 11 is 4.19. The number of hydrogen-bond donors (Lipinski definition) is 0. The summed E-state index contributed by atoms with van der Waals surface area (Å²) < 4.78 is 32.4. The number of aryl methyl sites for hydroxylation is 1. The average Bonchev–Trinajstić information content (AvgIpc) is 3.24. The Hall–Kier alpha value is -1.63. The standard InChI is InChI=1S/C19H15F2I2N5/c20-2-1-3-28-17-6-15(22)14(21)5-16(17)26-19(28)13-4-12(7-24-8-13)10-27-11-25-9-18(27)23/h4-9,11H,1-3,10H2. The molecule has 9 heteroatoms. The van der Waals surface area contributed by atoms with Crippen LogP contribution in [-0.4, -0.2) is 30.8 Å². The first-order chi connectivity index (χ1) is 13.6. The number of benzene rings is 1. The Morgan fingerprint density at radius 3 is 2.64 bits per heavy atom. The van der Waals surface area contributed by atoms with E-state index in [2.05, 4.69) is 37.5 Å². The van der Waals surface area contributed by atoms with Gasteiger partial charge in [0.25, 0.3) is 0 Å². The number of hydrogen-bond acceptors (Lipinski definition) is 3. The number of fused-ring (bicyclic) bond motifs is 1. The minimum Gasteiger partial charge on any atom is -0.324 e. The predicted molar refractivity (Wildman–Crippen MR) is 120 cm³/mol. The molecule has 0 atom stereocenters. The van der Waals surface area contributed by atoms with Crippen molar-refractivity contribution in [3.05, 3.63) is 61.8 Å². The van der Waals surface area contributed by atoms with Gasteiger partial charge in [0.15, 0.2) is 0 Å². The minimum atomic E-state index is -0.422. The molecule has 4 rings (SSSR count). The van der Waals surface area contributed by atoms with Crippen LogP contribution in [0.1, 0.15) is 12.0 Å². The largest absolute Gasteiger partial charge is 0.324 e. The van der Waals surface area contributed by atoms with Gasteiger partial charge in [0.1, 0.15) is 11.6 Å². The molecule has 5 nitrogen and oxygen atoms in total. The second-order valence-electron chi connectivity index (χ2n) is 6.31. The van der Waals surface area contributed by atoms with Gasteiger partial charge in [-0.15, -0.1) is 0 Å². The van der Waals surface area contributed by atoms with Crippen molar-refractivity contribution in [3.8, 4) is 11.4 Å². The number of aromatic nitrogens is 5. The summed E-state index contributed by atoms with van der Waals surface area (Å²) in [4.78, 5) is 13.1. The maximum atomic E-state index is 14.0. The number of halogens is 4. The van der Waals surface area contributed by atoms with Crippen molar-refractivity contribution in [2.24, 2.45) is 0 Å². The number of nitrogens with zero attached hydrogens (tertiary/aromatic N) is 5. The van der Waals surface area contributed by atoms with Crippen molar-refractivity contribution in [1.82, 2.24) is 24.1 Å². The third-order valence-corrected chi connectivity index (χ3v) is 6.10. The summed E-state index contributed by atoms with van der Waals surface area (Å²) in [5, 5.41) is 0. The first-order valence-electron chi connectivity index (χ1n) is 8.58. The molecule has 0 saturated heterocycles. The molecule has 0 unspecified atom stereocenters. The van der Waals surface area contributed by atoms with E-state index in [1.54, 1.807) is 31.0 Å². The van der Waals surface area contributed by atoms with Crippen LogP contribution in [0.25, 0.3) is 22.4 Å². The van der Waals surface area contributed by atoms with Crippen LogP contribution in [0.5, 0.6) is 0 Å². The molecule has 4 aromatic rings. The molecule has 0 saturated carbocycles. The molecular formula is C19H15F2I2N5.